The van der Waals surface area contributed by atoms with Crippen molar-refractivity contribution in [3.63, 3.8) is 0 Å². The first-order valence-corrected chi connectivity index (χ1v) is 7.79. The molecule has 1 saturated heterocycles. The molecule has 4 nitrogen and oxygen atoms in total. The summed E-state index contributed by atoms with van der Waals surface area (Å²) >= 11 is 3.43. The summed E-state index contributed by atoms with van der Waals surface area (Å²) in [6, 6.07) is 7.69. The summed E-state index contributed by atoms with van der Waals surface area (Å²) in [6.07, 6.45) is 1.53. The number of hydrogen-bond donors (Lipinski definition) is 1. The van der Waals surface area contributed by atoms with Crippen molar-refractivity contribution in [1.29, 1.82) is 0 Å². The Kier molecular flexibility index (Phi) is 5.86. The van der Waals surface area contributed by atoms with Crippen molar-refractivity contribution >= 4 is 21.8 Å². The van der Waals surface area contributed by atoms with Crippen LogP contribution in [0.1, 0.15) is 12.8 Å². The molecule has 20 heavy (non-hydrogen) atoms. The molecule has 0 bridgehead atoms. The second kappa shape index (κ2) is 7.64. The van der Waals surface area contributed by atoms with Crippen molar-refractivity contribution in [3.05, 3.63) is 28.7 Å². The molecule has 2 rings (SSSR count). The van der Waals surface area contributed by atoms with Gasteiger partial charge in [-0.25, -0.2) is 0 Å². The van der Waals surface area contributed by atoms with E-state index < -0.39 is 0 Å². The Hall–Kier alpha value is -1.07. The maximum atomic E-state index is 12.1. The van der Waals surface area contributed by atoms with Crippen molar-refractivity contribution in [1.82, 2.24) is 10.2 Å². The van der Waals surface area contributed by atoms with Crippen LogP contribution in [0, 0.1) is 5.92 Å². The number of ether oxygens (including phenoxy) is 1. The number of benzene rings is 1. The maximum Gasteiger partial charge on any atom is 0.226 e. The first-order chi connectivity index (χ1) is 9.70. The fourth-order valence-electron chi connectivity index (χ4n) is 2.48. The third kappa shape index (κ3) is 4.21. The number of hydrogen-bond acceptors (Lipinski definition) is 3. The summed E-state index contributed by atoms with van der Waals surface area (Å²) < 4.78 is 6.55. The van der Waals surface area contributed by atoms with Crippen LogP contribution in [0.25, 0.3) is 0 Å². The molecule has 0 radical (unpaired) electrons. The number of para-hydroxylation sites is 1. The molecule has 1 aliphatic heterocycles. The number of likely N-dealkylation sites (tertiary alicyclic amines) is 1. The van der Waals surface area contributed by atoms with Gasteiger partial charge in [0.2, 0.25) is 5.91 Å². The van der Waals surface area contributed by atoms with E-state index in [1.165, 1.54) is 0 Å². The van der Waals surface area contributed by atoms with Crippen LogP contribution in [-0.4, -0.2) is 44.1 Å². The molecule has 1 aromatic rings. The lowest BCUT2D eigenvalue weighted by Crippen LogP contribution is -2.31. The third-order valence-corrected chi connectivity index (χ3v) is 4.20. The smallest absolute Gasteiger partial charge is 0.226 e. The molecule has 1 atom stereocenters. The largest absolute Gasteiger partial charge is 0.492 e. The average Bonchev–Trinajstić information content (AvgIpc) is 2.90. The van der Waals surface area contributed by atoms with Gasteiger partial charge in [0.25, 0.3) is 0 Å². The van der Waals surface area contributed by atoms with E-state index in [1.807, 2.05) is 36.2 Å². The van der Waals surface area contributed by atoms with E-state index in [0.29, 0.717) is 18.9 Å². The van der Waals surface area contributed by atoms with Crippen molar-refractivity contribution in [3.8, 4) is 5.75 Å². The van der Waals surface area contributed by atoms with E-state index in [-0.39, 0.29) is 5.91 Å². The average molecular weight is 341 g/mol. The lowest BCUT2D eigenvalue weighted by molar-refractivity contribution is -0.130. The zero-order valence-electron chi connectivity index (χ0n) is 11.8. The number of amides is 1. The number of nitrogens with zero attached hydrogens (tertiary/aromatic N) is 1. The topological polar surface area (TPSA) is 41.6 Å². The normalized spacial score (nSPS) is 18.3. The summed E-state index contributed by atoms with van der Waals surface area (Å²) in [5.41, 5.74) is 0. The molecule has 1 aromatic carbocycles. The van der Waals surface area contributed by atoms with Crippen LogP contribution >= 0.6 is 15.9 Å². The van der Waals surface area contributed by atoms with Crippen LogP contribution in [0.2, 0.25) is 0 Å². The summed E-state index contributed by atoms with van der Waals surface area (Å²) in [5, 5.41) is 3.17. The molecule has 0 spiro atoms. The Morgan fingerprint density at radius 3 is 3.05 bits per heavy atom. The van der Waals surface area contributed by atoms with E-state index >= 15 is 0 Å². The van der Waals surface area contributed by atoms with Crippen LogP contribution in [0.4, 0.5) is 0 Å². The van der Waals surface area contributed by atoms with Crippen LogP contribution < -0.4 is 10.1 Å². The highest BCUT2D eigenvalue weighted by Crippen LogP contribution is 2.24. The van der Waals surface area contributed by atoms with Gasteiger partial charge in [-0.05, 0) is 54.0 Å². The number of carbonyl (C=O) groups is 1. The molecule has 1 fully saturated rings. The first-order valence-electron chi connectivity index (χ1n) is 7.00. The SMILES string of the molecule is CNCC1CCN(C(=O)CCOc2ccccc2Br)C1. The first kappa shape index (κ1) is 15.3. The molecular weight excluding hydrogens is 320 g/mol. The number of rotatable bonds is 6. The molecule has 0 saturated carbocycles. The maximum absolute atomic E-state index is 12.1. The van der Waals surface area contributed by atoms with Gasteiger partial charge in [-0.2, -0.15) is 0 Å². The Labute approximate surface area is 128 Å². The minimum atomic E-state index is 0.190. The predicted octanol–water partition coefficient (Wildman–Crippen LogP) is 2.29. The Morgan fingerprint density at radius 2 is 2.30 bits per heavy atom. The molecular formula is C15H21BrN2O2. The van der Waals surface area contributed by atoms with E-state index in [2.05, 4.69) is 21.2 Å². The quantitative estimate of drug-likeness (QED) is 0.863. The van der Waals surface area contributed by atoms with Crippen molar-refractivity contribution in [2.24, 2.45) is 5.92 Å². The third-order valence-electron chi connectivity index (χ3n) is 3.54. The lowest BCUT2D eigenvalue weighted by Gasteiger charge is -2.17. The molecule has 1 N–H and O–H groups in total. The van der Waals surface area contributed by atoms with E-state index in [1.54, 1.807) is 0 Å². The Morgan fingerprint density at radius 1 is 1.50 bits per heavy atom. The van der Waals surface area contributed by atoms with E-state index in [0.717, 1.165) is 36.3 Å². The second-order valence-electron chi connectivity index (χ2n) is 5.08. The minimum absolute atomic E-state index is 0.190. The second-order valence-corrected chi connectivity index (χ2v) is 5.94. The summed E-state index contributed by atoms with van der Waals surface area (Å²) in [5.74, 6) is 1.57. The van der Waals surface area contributed by atoms with E-state index in [4.69, 9.17) is 4.74 Å². The van der Waals surface area contributed by atoms with E-state index in [9.17, 15) is 4.79 Å². The lowest BCUT2D eigenvalue weighted by atomic mass is 10.1. The zero-order chi connectivity index (χ0) is 14.4. The van der Waals surface area contributed by atoms with Crippen molar-refractivity contribution in [2.75, 3.05) is 33.3 Å². The van der Waals surface area contributed by atoms with Crippen LogP contribution in [0.3, 0.4) is 0 Å². The number of halogens is 1. The van der Waals surface area contributed by atoms with Gasteiger partial charge in [0.05, 0.1) is 17.5 Å². The van der Waals surface area contributed by atoms with Gasteiger partial charge in [0.1, 0.15) is 5.75 Å². The zero-order valence-corrected chi connectivity index (χ0v) is 13.4. The monoisotopic (exact) mass is 340 g/mol. The summed E-state index contributed by atoms with van der Waals surface area (Å²) in [4.78, 5) is 14.0. The fraction of sp³-hybridized carbons (Fsp3) is 0.533. The van der Waals surface area contributed by atoms with Crippen LogP contribution in [-0.2, 0) is 4.79 Å². The fourth-order valence-corrected chi connectivity index (χ4v) is 2.88. The standard InChI is InChI=1S/C15H21BrN2O2/c1-17-10-12-6-8-18(11-12)15(19)7-9-20-14-5-3-2-4-13(14)16/h2-5,12,17H,6-11H2,1H3. The number of carbonyl (C=O) groups excluding carboxylic acids is 1. The van der Waals surface area contributed by atoms with Gasteiger partial charge in [-0.15, -0.1) is 0 Å². The molecule has 1 aliphatic rings. The molecule has 0 aliphatic carbocycles. The molecule has 0 aromatic heterocycles. The highest BCUT2D eigenvalue weighted by Gasteiger charge is 2.25. The Balaban J connectivity index is 1.72. The molecule has 1 amide bonds. The highest BCUT2D eigenvalue weighted by molar-refractivity contribution is 9.10. The number of nitrogens with one attached hydrogen (secondary N) is 1. The van der Waals surface area contributed by atoms with Crippen LogP contribution in [0.5, 0.6) is 5.75 Å². The summed E-state index contributed by atoms with van der Waals surface area (Å²) in [6.45, 7) is 3.15. The summed E-state index contributed by atoms with van der Waals surface area (Å²) in [7, 11) is 1.95. The van der Waals surface area contributed by atoms with Crippen molar-refractivity contribution < 1.29 is 9.53 Å². The van der Waals surface area contributed by atoms with Gasteiger partial charge < -0.3 is 15.0 Å². The molecule has 1 unspecified atom stereocenters. The molecule has 1 heterocycles. The van der Waals surface area contributed by atoms with Gasteiger partial charge in [0, 0.05) is 13.1 Å². The van der Waals surface area contributed by atoms with Crippen LogP contribution in [0.15, 0.2) is 28.7 Å². The minimum Gasteiger partial charge on any atom is -0.492 e. The molecule has 110 valence electrons. The van der Waals surface area contributed by atoms with Gasteiger partial charge in [-0.3, -0.25) is 4.79 Å². The van der Waals surface area contributed by atoms with Gasteiger partial charge in [0.15, 0.2) is 0 Å². The van der Waals surface area contributed by atoms with Gasteiger partial charge >= 0.3 is 0 Å². The van der Waals surface area contributed by atoms with Gasteiger partial charge in [-0.1, -0.05) is 12.1 Å². The molecule has 5 heteroatoms. The Bertz CT molecular complexity index is 453. The van der Waals surface area contributed by atoms with Crippen molar-refractivity contribution in [2.45, 2.75) is 12.8 Å². The predicted molar refractivity (Wildman–Crippen MR) is 82.9 cm³/mol. The highest BCUT2D eigenvalue weighted by atomic mass is 79.9.